The van der Waals surface area contributed by atoms with E-state index in [4.69, 9.17) is 0 Å². The van der Waals surface area contributed by atoms with Crippen molar-refractivity contribution in [1.82, 2.24) is 4.98 Å². The summed E-state index contributed by atoms with van der Waals surface area (Å²) < 4.78 is 0. The molecule has 1 atom stereocenters. The fourth-order valence-corrected chi connectivity index (χ4v) is 4.37. The first kappa shape index (κ1) is 18.6. The second kappa shape index (κ2) is 7.81. The lowest BCUT2D eigenvalue weighted by atomic mass is 9.96. The molecule has 0 radical (unpaired) electrons. The molecule has 0 bridgehead atoms. The maximum atomic E-state index is 13.0. The van der Waals surface area contributed by atoms with Gasteiger partial charge in [0.05, 0.1) is 6.10 Å². The van der Waals surface area contributed by atoms with Crippen molar-refractivity contribution in [2.75, 3.05) is 18.0 Å². The van der Waals surface area contributed by atoms with E-state index in [9.17, 15) is 9.90 Å². The van der Waals surface area contributed by atoms with Gasteiger partial charge in [0.25, 0.3) is 5.56 Å². The average molecular weight is 396 g/mol. The van der Waals surface area contributed by atoms with Gasteiger partial charge in [0.1, 0.15) is 0 Å². The van der Waals surface area contributed by atoms with Crippen LogP contribution in [0.3, 0.4) is 0 Å². The summed E-state index contributed by atoms with van der Waals surface area (Å²) in [6.07, 6.45) is 1.50. The number of benzene rings is 3. The SMILES string of the molecule is O=c1[nH]c(-c2ccccc2-c2ccccc2)cc2ccc(N3CCCC(O)C3)cc12. The number of piperidine rings is 1. The second-order valence-electron chi connectivity index (χ2n) is 7.94. The highest BCUT2D eigenvalue weighted by Gasteiger charge is 2.18. The molecule has 2 heterocycles. The molecule has 0 spiro atoms. The number of fused-ring (bicyclic) bond motifs is 1. The number of nitrogens with zero attached hydrogens (tertiary/aromatic N) is 1. The number of aromatic amines is 1. The highest BCUT2D eigenvalue weighted by atomic mass is 16.3. The third kappa shape index (κ3) is 3.51. The zero-order valence-corrected chi connectivity index (χ0v) is 16.7. The van der Waals surface area contributed by atoms with E-state index in [2.05, 4.69) is 28.1 Å². The predicted octanol–water partition coefficient (Wildman–Crippen LogP) is 4.82. The zero-order valence-electron chi connectivity index (χ0n) is 16.7. The Hall–Kier alpha value is -3.37. The first-order chi connectivity index (χ1) is 14.7. The molecule has 2 N–H and O–H groups in total. The molecule has 1 fully saturated rings. The van der Waals surface area contributed by atoms with Crippen molar-refractivity contribution in [3.8, 4) is 22.4 Å². The first-order valence-electron chi connectivity index (χ1n) is 10.4. The summed E-state index contributed by atoms with van der Waals surface area (Å²) in [5.74, 6) is 0. The largest absolute Gasteiger partial charge is 0.391 e. The second-order valence-corrected chi connectivity index (χ2v) is 7.94. The molecule has 0 amide bonds. The predicted molar refractivity (Wildman–Crippen MR) is 123 cm³/mol. The van der Waals surface area contributed by atoms with Gasteiger partial charge in [-0.2, -0.15) is 0 Å². The third-order valence-electron chi connectivity index (χ3n) is 5.89. The number of hydrogen-bond donors (Lipinski definition) is 2. The normalized spacial score (nSPS) is 16.7. The summed E-state index contributed by atoms with van der Waals surface area (Å²) in [7, 11) is 0. The van der Waals surface area contributed by atoms with Crippen LogP contribution in [0.15, 0.2) is 83.7 Å². The summed E-state index contributed by atoms with van der Waals surface area (Å²) in [6, 6.07) is 26.4. The molecule has 1 saturated heterocycles. The van der Waals surface area contributed by atoms with E-state index in [0.29, 0.717) is 11.9 Å². The van der Waals surface area contributed by atoms with E-state index in [1.807, 2.05) is 60.7 Å². The number of aromatic nitrogens is 1. The lowest BCUT2D eigenvalue weighted by Gasteiger charge is -2.32. The molecule has 5 rings (SSSR count). The average Bonchev–Trinajstić information content (AvgIpc) is 2.79. The molecule has 4 heteroatoms. The van der Waals surface area contributed by atoms with Gasteiger partial charge < -0.3 is 15.0 Å². The number of rotatable bonds is 3. The fourth-order valence-electron chi connectivity index (χ4n) is 4.37. The summed E-state index contributed by atoms with van der Waals surface area (Å²) in [4.78, 5) is 18.2. The lowest BCUT2D eigenvalue weighted by molar-refractivity contribution is 0.154. The Balaban J connectivity index is 1.58. The van der Waals surface area contributed by atoms with Gasteiger partial charge in [0.15, 0.2) is 0 Å². The van der Waals surface area contributed by atoms with Gasteiger partial charge in [0, 0.05) is 35.4 Å². The van der Waals surface area contributed by atoms with E-state index in [1.54, 1.807) is 0 Å². The lowest BCUT2D eigenvalue weighted by Crippen LogP contribution is -2.38. The van der Waals surface area contributed by atoms with Gasteiger partial charge in [-0.3, -0.25) is 4.79 Å². The number of H-pyrrole nitrogens is 1. The van der Waals surface area contributed by atoms with Crippen LogP contribution in [0.25, 0.3) is 33.2 Å². The number of pyridine rings is 1. The van der Waals surface area contributed by atoms with Crippen LogP contribution < -0.4 is 10.5 Å². The van der Waals surface area contributed by atoms with Crippen LogP contribution in [0.5, 0.6) is 0 Å². The van der Waals surface area contributed by atoms with Crippen LogP contribution in [-0.2, 0) is 0 Å². The Morgan fingerprint density at radius 3 is 2.47 bits per heavy atom. The fraction of sp³-hybridized carbons (Fsp3) is 0.192. The van der Waals surface area contributed by atoms with Gasteiger partial charge in [-0.1, -0.05) is 60.7 Å². The van der Waals surface area contributed by atoms with Crippen LogP contribution in [0.4, 0.5) is 5.69 Å². The molecule has 150 valence electrons. The topological polar surface area (TPSA) is 56.3 Å². The van der Waals surface area contributed by atoms with Crippen molar-refractivity contribution < 1.29 is 5.11 Å². The molecule has 1 aliphatic rings. The van der Waals surface area contributed by atoms with Crippen LogP contribution >= 0.6 is 0 Å². The highest BCUT2D eigenvalue weighted by molar-refractivity contribution is 5.90. The van der Waals surface area contributed by atoms with Crippen LogP contribution in [-0.4, -0.2) is 29.3 Å². The summed E-state index contributed by atoms with van der Waals surface area (Å²) in [6.45, 7) is 1.52. The number of aliphatic hydroxyl groups excluding tert-OH is 1. The smallest absolute Gasteiger partial charge is 0.256 e. The number of β-amino-alcohol motifs (C(OH)–C–C–N with tert-alkyl or cyclic N) is 1. The van der Waals surface area contributed by atoms with Gasteiger partial charge >= 0.3 is 0 Å². The molecule has 1 aliphatic heterocycles. The van der Waals surface area contributed by atoms with Crippen molar-refractivity contribution >= 4 is 16.5 Å². The number of aliphatic hydroxyl groups is 1. The minimum Gasteiger partial charge on any atom is -0.391 e. The molecule has 1 aromatic heterocycles. The van der Waals surface area contributed by atoms with Gasteiger partial charge in [0.2, 0.25) is 0 Å². The molecule has 0 aliphatic carbocycles. The number of anilines is 1. The van der Waals surface area contributed by atoms with Gasteiger partial charge in [-0.25, -0.2) is 0 Å². The number of nitrogens with one attached hydrogen (secondary N) is 1. The van der Waals surface area contributed by atoms with Crippen molar-refractivity contribution in [2.45, 2.75) is 18.9 Å². The zero-order chi connectivity index (χ0) is 20.5. The summed E-state index contributed by atoms with van der Waals surface area (Å²) in [5, 5.41) is 11.6. The van der Waals surface area contributed by atoms with E-state index < -0.39 is 0 Å². The van der Waals surface area contributed by atoms with E-state index in [-0.39, 0.29) is 11.7 Å². The Morgan fingerprint density at radius 1 is 0.900 bits per heavy atom. The van der Waals surface area contributed by atoms with E-state index in [1.165, 1.54) is 0 Å². The Morgan fingerprint density at radius 2 is 1.67 bits per heavy atom. The highest BCUT2D eigenvalue weighted by Crippen LogP contribution is 2.32. The minimum atomic E-state index is -0.301. The molecular weight excluding hydrogens is 372 g/mol. The van der Waals surface area contributed by atoms with E-state index in [0.717, 1.165) is 52.8 Å². The summed E-state index contributed by atoms with van der Waals surface area (Å²) in [5.41, 5.74) is 4.92. The Bertz CT molecular complexity index is 1250. The molecule has 3 aromatic carbocycles. The molecule has 1 unspecified atom stereocenters. The Kier molecular flexibility index (Phi) is 4.85. The molecule has 4 aromatic rings. The van der Waals surface area contributed by atoms with Crippen molar-refractivity contribution in [2.24, 2.45) is 0 Å². The maximum absolute atomic E-state index is 13.0. The van der Waals surface area contributed by atoms with Crippen molar-refractivity contribution in [3.05, 3.63) is 89.2 Å². The molecule has 30 heavy (non-hydrogen) atoms. The van der Waals surface area contributed by atoms with Gasteiger partial charge in [-0.15, -0.1) is 0 Å². The van der Waals surface area contributed by atoms with Crippen LogP contribution in [0.1, 0.15) is 12.8 Å². The minimum absolute atomic E-state index is 0.0928. The van der Waals surface area contributed by atoms with E-state index >= 15 is 0 Å². The molecular formula is C26H24N2O2. The standard InChI is InChI=1S/C26H24N2O2/c29-21-9-6-14-28(17-21)20-13-12-19-15-25(27-26(30)24(19)16-20)23-11-5-4-10-22(23)18-7-2-1-3-8-18/h1-5,7-8,10-13,15-16,21,29H,6,9,14,17H2,(H,27,30). The third-order valence-corrected chi connectivity index (χ3v) is 5.89. The van der Waals surface area contributed by atoms with Crippen LogP contribution in [0, 0.1) is 0 Å². The van der Waals surface area contributed by atoms with Crippen LogP contribution in [0.2, 0.25) is 0 Å². The summed E-state index contributed by atoms with van der Waals surface area (Å²) >= 11 is 0. The monoisotopic (exact) mass is 396 g/mol. The maximum Gasteiger partial charge on any atom is 0.256 e. The Labute approximate surface area is 175 Å². The molecule has 4 nitrogen and oxygen atoms in total. The van der Waals surface area contributed by atoms with Crippen molar-refractivity contribution in [3.63, 3.8) is 0 Å². The molecule has 0 saturated carbocycles. The first-order valence-corrected chi connectivity index (χ1v) is 10.4. The van der Waals surface area contributed by atoms with Gasteiger partial charge in [-0.05, 0) is 47.6 Å². The quantitative estimate of drug-likeness (QED) is 0.522. The van der Waals surface area contributed by atoms with Crippen molar-refractivity contribution in [1.29, 1.82) is 0 Å². The number of hydrogen-bond acceptors (Lipinski definition) is 3.